The number of nitrogens with zero attached hydrogens (tertiary/aromatic N) is 4. The molecule has 0 bridgehead atoms. The minimum atomic E-state index is 0. The van der Waals surface area contributed by atoms with Gasteiger partial charge in [0, 0.05) is 5.56 Å². The largest absolute Gasteiger partial charge is 0.344 e. The summed E-state index contributed by atoms with van der Waals surface area (Å²) in [4.78, 5) is 0. The number of aromatic nitrogens is 4. The van der Waals surface area contributed by atoms with Gasteiger partial charge in [-0.2, -0.15) is 0 Å². The Hall–Kier alpha value is -1.88. The van der Waals surface area contributed by atoms with Crippen molar-refractivity contribution in [2.24, 2.45) is 0 Å². The Morgan fingerprint density at radius 3 is 2.07 bits per heavy atom. The lowest BCUT2D eigenvalue weighted by atomic mass is 10.1. The zero-order chi connectivity index (χ0) is 9.10. The van der Waals surface area contributed by atoms with Gasteiger partial charge in [0.1, 0.15) is 0 Å². The van der Waals surface area contributed by atoms with E-state index in [0.29, 0.717) is 5.82 Å². The maximum Gasteiger partial charge on any atom is 0.203 e. The standard InChI is InChI=1S/C9H8N4.H3N/c1-7-2-4-8(5-3-7)9-12-10-6-11-13-9;/h2-6H,1H3;1H3. The van der Waals surface area contributed by atoms with Crippen LogP contribution in [0.2, 0.25) is 0 Å². The van der Waals surface area contributed by atoms with Gasteiger partial charge in [0.25, 0.3) is 0 Å². The first-order valence-corrected chi connectivity index (χ1v) is 3.93. The van der Waals surface area contributed by atoms with E-state index < -0.39 is 0 Å². The van der Waals surface area contributed by atoms with Gasteiger partial charge in [-0.15, -0.1) is 20.4 Å². The molecule has 0 unspecified atom stereocenters. The summed E-state index contributed by atoms with van der Waals surface area (Å²) >= 11 is 0. The highest BCUT2D eigenvalue weighted by molar-refractivity contribution is 5.53. The molecule has 0 spiro atoms. The van der Waals surface area contributed by atoms with Crippen LogP contribution < -0.4 is 6.15 Å². The maximum atomic E-state index is 3.86. The van der Waals surface area contributed by atoms with Gasteiger partial charge >= 0.3 is 0 Å². The number of rotatable bonds is 1. The zero-order valence-corrected chi connectivity index (χ0v) is 7.88. The quantitative estimate of drug-likeness (QED) is 0.732. The smallest absolute Gasteiger partial charge is 0.203 e. The average molecular weight is 189 g/mol. The molecule has 0 aliphatic rings. The fourth-order valence-electron chi connectivity index (χ4n) is 1.02. The minimum Gasteiger partial charge on any atom is -0.344 e. The number of benzene rings is 1. The predicted molar refractivity (Wildman–Crippen MR) is 52.8 cm³/mol. The molecule has 2 rings (SSSR count). The molecule has 0 aliphatic carbocycles. The van der Waals surface area contributed by atoms with Crippen molar-refractivity contribution in [3.05, 3.63) is 36.2 Å². The molecule has 2 aromatic rings. The number of hydrogen-bond acceptors (Lipinski definition) is 5. The van der Waals surface area contributed by atoms with Crippen LogP contribution in [0.3, 0.4) is 0 Å². The molecule has 1 aromatic heterocycles. The molecule has 0 atom stereocenters. The summed E-state index contributed by atoms with van der Waals surface area (Å²) in [6.45, 7) is 2.03. The molecule has 0 amide bonds. The number of aryl methyl sites for hydroxylation is 1. The second-order valence-electron chi connectivity index (χ2n) is 2.74. The normalized spacial score (nSPS) is 9.21. The Bertz CT molecular complexity index is 384. The Balaban J connectivity index is 0.000000980. The molecular weight excluding hydrogens is 178 g/mol. The van der Waals surface area contributed by atoms with Crippen molar-refractivity contribution in [1.29, 1.82) is 0 Å². The lowest BCUT2D eigenvalue weighted by Gasteiger charge is -1.96. The van der Waals surface area contributed by atoms with Crippen LogP contribution in [0.5, 0.6) is 0 Å². The van der Waals surface area contributed by atoms with E-state index in [9.17, 15) is 0 Å². The van der Waals surface area contributed by atoms with Crippen molar-refractivity contribution in [2.45, 2.75) is 6.92 Å². The third-order valence-electron chi connectivity index (χ3n) is 1.72. The molecule has 1 heterocycles. The van der Waals surface area contributed by atoms with Crippen LogP contribution in [0.15, 0.2) is 30.6 Å². The summed E-state index contributed by atoms with van der Waals surface area (Å²) < 4.78 is 0. The fraction of sp³-hybridized carbons (Fsp3) is 0.111. The van der Waals surface area contributed by atoms with E-state index in [4.69, 9.17) is 0 Å². The van der Waals surface area contributed by atoms with Crippen molar-refractivity contribution >= 4 is 0 Å². The Morgan fingerprint density at radius 1 is 0.929 bits per heavy atom. The van der Waals surface area contributed by atoms with Gasteiger partial charge in [0.2, 0.25) is 5.82 Å². The van der Waals surface area contributed by atoms with E-state index >= 15 is 0 Å². The molecule has 0 saturated heterocycles. The molecular formula is C9H11N5. The van der Waals surface area contributed by atoms with Crippen LogP contribution in [0, 0.1) is 6.92 Å². The molecule has 0 aliphatic heterocycles. The lowest BCUT2D eigenvalue weighted by molar-refractivity contribution is 0.864. The van der Waals surface area contributed by atoms with Gasteiger partial charge in [0.15, 0.2) is 6.33 Å². The molecule has 0 radical (unpaired) electrons. The summed E-state index contributed by atoms with van der Waals surface area (Å²) in [6, 6.07) is 7.92. The molecule has 3 N–H and O–H groups in total. The predicted octanol–water partition coefficient (Wildman–Crippen LogP) is 1.40. The molecule has 0 fully saturated rings. The van der Waals surface area contributed by atoms with Crippen molar-refractivity contribution < 1.29 is 0 Å². The van der Waals surface area contributed by atoms with E-state index in [-0.39, 0.29) is 6.15 Å². The van der Waals surface area contributed by atoms with Crippen LogP contribution >= 0.6 is 0 Å². The molecule has 5 nitrogen and oxygen atoms in total. The summed E-state index contributed by atoms with van der Waals surface area (Å²) in [5, 5.41) is 15.0. The first-order chi connectivity index (χ1) is 6.36. The van der Waals surface area contributed by atoms with Crippen LogP contribution in [0.25, 0.3) is 11.4 Å². The third-order valence-corrected chi connectivity index (χ3v) is 1.72. The van der Waals surface area contributed by atoms with Crippen molar-refractivity contribution in [2.75, 3.05) is 0 Å². The first kappa shape index (κ1) is 10.2. The van der Waals surface area contributed by atoms with E-state index in [2.05, 4.69) is 20.4 Å². The van der Waals surface area contributed by atoms with Crippen molar-refractivity contribution in [1.82, 2.24) is 26.5 Å². The summed E-state index contributed by atoms with van der Waals surface area (Å²) in [5.74, 6) is 0.558. The van der Waals surface area contributed by atoms with Crippen molar-refractivity contribution in [3.8, 4) is 11.4 Å². The van der Waals surface area contributed by atoms with Gasteiger partial charge in [-0.3, -0.25) is 0 Å². The Kier molecular flexibility index (Phi) is 3.19. The van der Waals surface area contributed by atoms with Gasteiger partial charge < -0.3 is 6.15 Å². The fourth-order valence-corrected chi connectivity index (χ4v) is 1.02. The van der Waals surface area contributed by atoms with E-state index in [1.54, 1.807) is 0 Å². The summed E-state index contributed by atoms with van der Waals surface area (Å²) in [6.07, 6.45) is 1.32. The van der Waals surface area contributed by atoms with Gasteiger partial charge in [-0.1, -0.05) is 29.8 Å². The van der Waals surface area contributed by atoms with E-state index in [1.807, 2.05) is 31.2 Å². The van der Waals surface area contributed by atoms with Gasteiger partial charge in [-0.05, 0) is 6.92 Å². The zero-order valence-electron chi connectivity index (χ0n) is 7.88. The second-order valence-corrected chi connectivity index (χ2v) is 2.74. The Labute approximate surface area is 81.8 Å². The summed E-state index contributed by atoms with van der Waals surface area (Å²) in [7, 11) is 0. The van der Waals surface area contributed by atoms with Gasteiger partial charge in [0.05, 0.1) is 0 Å². The minimum absolute atomic E-state index is 0. The average Bonchev–Trinajstić information content (AvgIpc) is 2.20. The molecule has 0 saturated carbocycles. The maximum absolute atomic E-state index is 3.86. The van der Waals surface area contributed by atoms with Crippen LogP contribution in [0.1, 0.15) is 5.56 Å². The molecule has 5 heteroatoms. The lowest BCUT2D eigenvalue weighted by Crippen LogP contribution is -1.93. The third kappa shape index (κ3) is 2.08. The number of hydrogen-bond donors (Lipinski definition) is 1. The van der Waals surface area contributed by atoms with E-state index in [0.717, 1.165) is 5.56 Å². The second kappa shape index (κ2) is 4.38. The van der Waals surface area contributed by atoms with Gasteiger partial charge in [-0.25, -0.2) is 0 Å². The summed E-state index contributed by atoms with van der Waals surface area (Å²) in [5.41, 5.74) is 2.15. The molecule has 72 valence electrons. The molecule has 1 aromatic carbocycles. The van der Waals surface area contributed by atoms with Crippen LogP contribution in [-0.4, -0.2) is 20.4 Å². The van der Waals surface area contributed by atoms with E-state index in [1.165, 1.54) is 11.9 Å². The topological polar surface area (TPSA) is 86.6 Å². The highest BCUT2D eigenvalue weighted by atomic mass is 15.3. The SMILES string of the molecule is Cc1ccc(-c2nncnn2)cc1.N. The monoisotopic (exact) mass is 189 g/mol. The first-order valence-electron chi connectivity index (χ1n) is 3.93. The highest BCUT2D eigenvalue weighted by Crippen LogP contribution is 2.12. The molecule has 14 heavy (non-hydrogen) atoms. The van der Waals surface area contributed by atoms with Crippen molar-refractivity contribution in [3.63, 3.8) is 0 Å². The van der Waals surface area contributed by atoms with Crippen LogP contribution in [-0.2, 0) is 0 Å². The van der Waals surface area contributed by atoms with Crippen LogP contribution in [0.4, 0.5) is 0 Å². The Morgan fingerprint density at radius 2 is 1.50 bits per heavy atom. The highest BCUT2D eigenvalue weighted by Gasteiger charge is 1.99.